The Morgan fingerprint density at radius 2 is 1.96 bits per heavy atom. The van der Waals surface area contributed by atoms with Crippen LogP contribution in [0, 0.1) is 6.92 Å². The Morgan fingerprint density at radius 1 is 1.21 bits per heavy atom. The van der Waals surface area contributed by atoms with Crippen LogP contribution in [-0.2, 0) is 11.3 Å². The lowest BCUT2D eigenvalue weighted by molar-refractivity contribution is -0.127. The Morgan fingerprint density at radius 3 is 2.61 bits per heavy atom. The molecule has 2 N–H and O–H groups in total. The van der Waals surface area contributed by atoms with Crippen LogP contribution in [0.2, 0.25) is 0 Å². The molecule has 0 radical (unpaired) electrons. The van der Waals surface area contributed by atoms with Crippen molar-refractivity contribution in [2.45, 2.75) is 33.2 Å². The largest absolute Gasteiger partial charge is 0.356 e. The first-order valence-corrected chi connectivity index (χ1v) is 9.34. The van der Waals surface area contributed by atoms with E-state index in [-0.39, 0.29) is 36.4 Å². The van der Waals surface area contributed by atoms with Crippen molar-refractivity contribution in [2.24, 2.45) is 4.99 Å². The van der Waals surface area contributed by atoms with Crippen LogP contribution in [0.3, 0.4) is 0 Å². The molecular weight excluding hydrogens is 467 g/mol. The molecule has 2 aromatic rings. The molecule has 154 valence electrons. The van der Waals surface area contributed by atoms with Gasteiger partial charge >= 0.3 is 0 Å². The zero-order chi connectivity index (χ0) is 19.6. The second kappa shape index (κ2) is 12.4. The third kappa shape index (κ3) is 7.49. The predicted molar refractivity (Wildman–Crippen MR) is 124 cm³/mol. The summed E-state index contributed by atoms with van der Waals surface area (Å²) in [6.45, 7) is 5.64. The third-order valence-corrected chi connectivity index (χ3v) is 4.10. The molecule has 1 aromatic heterocycles. The quantitative estimate of drug-likeness (QED) is 0.254. The summed E-state index contributed by atoms with van der Waals surface area (Å²) in [5.41, 5.74) is 3.04. The Hall–Kier alpha value is -2.10. The summed E-state index contributed by atoms with van der Waals surface area (Å²) >= 11 is 0. The molecule has 0 unspecified atom stereocenters. The number of rotatable bonds is 8. The second-order valence-electron chi connectivity index (χ2n) is 6.62. The normalized spacial score (nSPS) is 10.9. The number of amides is 1. The molecule has 1 amide bonds. The Kier molecular flexibility index (Phi) is 10.6. The average molecular weight is 498 g/mol. The summed E-state index contributed by atoms with van der Waals surface area (Å²) in [4.78, 5) is 18.1. The van der Waals surface area contributed by atoms with Crippen molar-refractivity contribution in [1.82, 2.24) is 25.3 Å². The van der Waals surface area contributed by atoms with Gasteiger partial charge in [0.25, 0.3) is 0 Å². The van der Waals surface area contributed by atoms with Gasteiger partial charge in [-0.05, 0) is 31.0 Å². The van der Waals surface area contributed by atoms with Crippen molar-refractivity contribution >= 4 is 35.8 Å². The van der Waals surface area contributed by atoms with Crippen LogP contribution in [-0.4, -0.2) is 53.7 Å². The molecule has 0 saturated heterocycles. The van der Waals surface area contributed by atoms with E-state index in [4.69, 9.17) is 0 Å². The van der Waals surface area contributed by atoms with Crippen LogP contribution in [0.5, 0.6) is 0 Å². The molecule has 0 saturated carbocycles. The van der Waals surface area contributed by atoms with Gasteiger partial charge in [-0.15, -0.1) is 24.0 Å². The molecule has 0 fully saturated rings. The van der Waals surface area contributed by atoms with Crippen molar-refractivity contribution < 1.29 is 4.79 Å². The zero-order valence-corrected chi connectivity index (χ0v) is 19.4. The number of aromatic nitrogens is 2. The fourth-order valence-electron chi connectivity index (χ4n) is 2.46. The fraction of sp³-hybridized carbons (Fsp3) is 0.450. The number of likely N-dealkylation sites (N-methyl/N-ethyl adjacent to an activating group) is 1. The molecule has 0 aliphatic carbocycles. The lowest BCUT2D eigenvalue weighted by atomic mass is 10.2. The molecule has 0 aliphatic rings. The van der Waals surface area contributed by atoms with E-state index in [0.717, 1.165) is 36.3 Å². The van der Waals surface area contributed by atoms with Crippen molar-refractivity contribution in [3.63, 3.8) is 0 Å². The minimum absolute atomic E-state index is 0. The van der Waals surface area contributed by atoms with E-state index in [9.17, 15) is 4.79 Å². The highest BCUT2D eigenvalue weighted by molar-refractivity contribution is 14.0. The number of hydrogen-bond acceptors (Lipinski definition) is 3. The molecule has 2 rings (SSSR count). The van der Waals surface area contributed by atoms with Gasteiger partial charge < -0.3 is 15.5 Å². The maximum atomic E-state index is 11.9. The molecule has 0 spiro atoms. The maximum Gasteiger partial charge on any atom is 0.241 e. The molecular formula is C20H31IN6O. The van der Waals surface area contributed by atoms with Gasteiger partial charge in [-0.1, -0.05) is 31.5 Å². The summed E-state index contributed by atoms with van der Waals surface area (Å²) in [5.74, 6) is 0.650. The Balaban J connectivity index is 0.00000392. The number of aliphatic imine (C=N–C) groups is 1. The van der Waals surface area contributed by atoms with Crippen LogP contribution in [0.1, 0.15) is 31.0 Å². The molecule has 0 bridgehead atoms. The SMILES string of the molecule is CCCCNC(=NCc1ccccc1-n1ccc(C)n1)NCC(=O)N(C)C.I. The number of para-hydroxylation sites is 1. The zero-order valence-electron chi connectivity index (χ0n) is 17.1. The van der Waals surface area contributed by atoms with Gasteiger partial charge in [0.1, 0.15) is 0 Å². The van der Waals surface area contributed by atoms with Crippen LogP contribution >= 0.6 is 24.0 Å². The van der Waals surface area contributed by atoms with Gasteiger partial charge in [0, 0.05) is 26.8 Å². The first kappa shape index (κ1) is 23.9. The number of hydrogen-bond donors (Lipinski definition) is 2. The molecule has 0 aliphatic heterocycles. The Bertz CT molecular complexity index is 772. The van der Waals surface area contributed by atoms with Crippen molar-refractivity contribution in [1.29, 1.82) is 0 Å². The molecule has 0 atom stereocenters. The molecule has 7 nitrogen and oxygen atoms in total. The minimum Gasteiger partial charge on any atom is -0.356 e. The standard InChI is InChI=1S/C20H30N6O.HI/c1-5-6-12-21-20(23-15-19(27)25(3)4)22-14-17-9-7-8-10-18(17)26-13-11-16(2)24-26;/h7-11,13H,5-6,12,14-15H2,1-4H3,(H2,21,22,23);1H. The number of nitrogens with one attached hydrogen (secondary N) is 2. The average Bonchev–Trinajstić information content (AvgIpc) is 3.09. The van der Waals surface area contributed by atoms with Gasteiger partial charge in [0.2, 0.25) is 5.91 Å². The highest BCUT2D eigenvalue weighted by Gasteiger charge is 2.08. The number of halogens is 1. The van der Waals surface area contributed by atoms with E-state index in [1.54, 1.807) is 19.0 Å². The van der Waals surface area contributed by atoms with Crippen molar-refractivity contribution in [2.75, 3.05) is 27.2 Å². The smallest absolute Gasteiger partial charge is 0.241 e. The van der Waals surface area contributed by atoms with E-state index < -0.39 is 0 Å². The van der Waals surface area contributed by atoms with Crippen molar-refractivity contribution in [3.05, 3.63) is 47.8 Å². The lowest BCUT2D eigenvalue weighted by Gasteiger charge is -2.15. The van der Waals surface area contributed by atoms with E-state index >= 15 is 0 Å². The monoisotopic (exact) mass is 498 g/mol. The number of carbonyl (C=O) groups excluding carboxylic acids is 1. The summed E-state index contributed by atoms with van der Waals surface area (Å²) < 4.78 is 1.87. The van der Waals surface area contributed by atoms with E-state index in [1.165, 1.54) is 0 Å². The summed E-state index contributed by atoms with van der Waals surface area (Å²) in [6, 6.07) is 10.0. The molecule has 1 aromatic carbocycles. The molecule has 28 heavy (non-hydrogen) atoms. The van der Waals surface area contributed by atoms with E-state index in [2.05, 4.69) is 27.6 Å². The van der Waals surface area contributed by atoms with Gasteiger partial charge in [-0.3, -0.25) is 4.79 Å². The first-order chi connectivity index (χ1) is 13.0. The predicted octanol–water partition coefficient (Wildman–Crippen LogP) is 2.72. The highest BCUT2D eigenvalue weighted by Crippen LogP contribution is 2.15. The molecule has 8 heteroatoms. The molecule has 1 heterocycles. The Labute approximate surface area is 184 Å². The summed E-state index contributed by atoms with van der Waals surface area (Å²) in [7, 11) is 3.49. The number of guanidine groups is 1. The number of unbranched alkanes of at least 4 members (excludes halogenated alkanes) is 1. The van der Waals surface area contributed by atoms with Crippen LogP contribution in [0.4, 0.5) is 0 Å². The van der Waals surface area contributed by atoms with Gasteiger partial charge in [0.05, 0.1) is 24.5 Å². The van der Waals surface area contributed by atoms with Crippen LogP contribution in [0.25, 0.3) is 5.69 Å². The topological polar surface area (TPSA) is 74.5 Å². The summed E-state index contributed by atoms with van der Waals surface area (Å²) in [5, 5.41) is 10.9. The maximum absolute atomic E-state index is 11.9. The van der Waals surface area contributed by atoms with Gasteiger partial charge in [-0.2, -0.15) is 5.10 Å². The van der Waals surface area contributed by atoms with Crippen LogP contribution in [0.15, 0.2) is 41.5 Å². The minimum atomic E-state index is 0. The lowest BCUT2D eigenvalue weighted by Crippen LogP contribution is -2.43. The van der Waals surface area contributed by atoms with Gasteiger partial charge in [0.15, 0.2) is 5.96 Å². The number of benzene rings is 1. The number of nitrogens with zero attached hydrogens (tertiary/aromatic N) is 4. The second-order valence-corrected chi connectivity index (χ2v) is 6.62. The number of aryl methyl sites for hydroxylation is 1. The van der Waals surface area contributed by atoms with Gasteiger partial charge in [-0.25, -0.2) is 9.67 Å². The first-order valence-electron chi connectivity index (χ1n) is 9.34. The highest BCUT2D eigenvalue weighted by atomic mass is 127. The number of carbonyl (C=O) groups is 1. The fourth-order valence-corrected chi connectivity index (χ4v) is 2.46. The van der Waals surface area contributed by atoms with Crippen LogP contribution < -0.4 is 10.6 Å². The van der Waals surface area contributed by atoms with E-state index in [1.807, 2.05) is 48.1 Å². The third-order valence-electron chi connectivity index (χ3n) is 4.10. The van der Waals surface area contributed by atoms with Crippen molar-refractivity contribution in [3.8, 4) is 5.69 Å². The van der Waals surface area contributed by atoms with E-state index in [0.29, 0.717) is 12.5 Å². The summed E-state index contributed by atoms with van der Waals surface area (Å²) in [6.07, 6.45) is 4.09.